The third-order valence-corrected chi connectivity index (χ3v) is 3.28. The Hall–Kier alpha value is -1.83. The summed E-state index contributed by atoms with van der Waals surface area (Å²) in [4.78, 5) is 16.5. The second kappa shape index (κ2) is 4.69. The normalized spacial score (nSPS) is 11.6. The monoisotopic (exact) mass is 289 g/mol. The minimum atomic E-state index is -4.46. The molecule has 0 bridgehead atoms. The summed E-state index contributed by atoms with van der Waals surface area (Å²) < 4.78 is 38.7. The van der Waals surface area contributed by atoms with E-state index in [0.29, 0.717) is 4.70 Å². The largest absolute Gasteiger partial charge is 0.418 e. The van der Waals surface area contributed by atoms with Gasteiger partial charge in [0.25, 0.3) is 0 Å². The number of aromatic nitrogens is 1. The molecule has 0 unspecified atom stereocenters. The zero-order chi connectivity index (χ0) is 14.2. The van der Waals surface area contributed by atoms with Crippen LogP contribution >= 0.6 is 11.3 Å². The van der Waals surface area contributed by atoms with Gasteiger partial charge >= 0.3 is 12.2 Å². The molecule has 0 saturated heterocycles. The second-order valence-corrected chi connectivity index (χ2v) is 5.02. The number of amides is 2. The van der Waals surface area contributed by atoms with Crippen molar-refractivity contribution in [1.82, 2.24) is 9.88 Å². The Balaban J connectivity index is 2.44. The van der Waals surface area contributed by atoms with Crippen LogP contribution < -0.4 is 5.32 Å². The Kier molecular flexibility index (Phi) is 3.36. The van der Waals surface area contributed by atoms with Crippen molar-refractivity contribution >= 4 is 32.7 Å². The average molecular weight is 289 g/mol. The maximum atomic E-state index is 12.8. The van der Waals surface area contributed by atoms with Crippen molar-refractivity contribution in [3.63, 3.8) is 0 Å². The summed E-state index contributed by atoms with van der Waals surface area (Å²) in [5.41, 5.74) is -0.944. The first-order valence-corrected chi connectivity index (χ1v) is 6.06. The molecule has 0 spiro atoms. The summed E-state index contributed by atoms with van der Waals surface area (Å²) in [7, 11) is 3.06. The van der Waals surface area contributed by atoms with Crippen molar-refractivity contribution < 1.29 is 18.0 Å². The summed E-state index contributed by atoms with van der Waals surface area (Å²) in [6.07, 6.45) is -4.46. The zero-order valence-electron chi connectivity index (χ0n) is 10.1. The minimum Gasteiger partial charge on any atom is -0.331 e. The number of halogens is 3. The topological polar surface area (TPSA) is 45.2 Å². The van der Waals surface area contributed by atoms with Gasteiger partial charge in [0.15, 0.2) is 5.13 Å². The van der Waals surface area contributed by atoms with E-state index in [-0.39, 0.29) is 10.6 Å². The first-order chi connectivity index (χ1) is 8.79. The Morgan fingerprint density at radius 2 is 2.05 bits per heavy atom. The van der Waals surface area contributed by atoms with Crippen molar-refractivity contribution in [2.45, 2.75) is 6.18 Å². The standard InChI is InChI=1S/C11H10F3N3OS/c1-17(2)10(18)16-9-15-8-6(11(12,13)14)4-3-5-7(8)19-9/h3-5H,1-2H3,(H,15,16,18). The molecule has 2 aromatic rings. The first kappa shape index (κ1) is 13.6. The number of nitrogens with zero attached hydrogens (tertiary/aromatic N) is 2. The quantitative estimate of drug-likeness (QED) is 0.874. The van der Waals surface area contributed by atoms with Gasteiger partial charge in [-0.3, -0.25) is 5.32 Å². The SMILES string of the molecule is CN(C)C(=O)Nc1nc2c(C(F)(F)F)cccc2s1. The van der Waals surface area contributed by atoms with Gasteiger partial charge in [-0.05, 0) is 12.1 Å². The highest BCUT2D eigenvalue weighted by Gasteiger charge is 2.33. The number of anilines is 1. The number of carbonyl (C=O) groups excluding carboxylic acids is 1. The number of nitrogens with one attached hydrogen (secondary N) is 1. The molecule has 1 aromatic carbocycles. The molecule has 0 aliphatic heterocycles. The van der Waals surface area contributed by atoms with E-state index in [0.717, 1.165) is 17.4 Å². The fourth-order valence-electron chi connectivity index (χ4n) is 1.43. The summed E-state index contributed by atoms with van der Waals surface area (Å²) >= 11 is 1.00. The fourth-order valence-corrected chi connectivity index (χ4v) is 2.32. The van der Waals surface area contributed by atoms with Gasteiger partial charge < -0.3 is 4.90 Å². The lowest BCUT2D eigenvalue weighted by Gasteiger charge is -2.09. The Bertz CT molecular complexity index is 621. The summed E-state index contributed by atoms with van der Waals surface area (Å²) in [5.74, 6) is 0. The van der Waals surface area contributed by atoms with Gasteiger partial charge in [0.1, 0.15) is 0 Å². The number of hydrogen-bond acceptors (Lipinski definition) is 3. The lowest BCUT2D eigenvalue weighted by Crippen LogP contribution is -2.27. The molecule has 4 nitrogen and oxygen atoms in total. The summed E-state index contributed by atoms with van der Waals surface area (Å²) in [5, 5.41) is 2.58. The number of rotatable bonds is 1. The molecule has 2 rings (SSSR count). The summed E-state index contributed by atoms with van der Waals surface area (Å²) in [6, 6.07) is 3.39. The van der Waals surface area contributed by atoms with Crippen molar-refractivity contribution in [3.05, 3.63) is 23.8 Å². The third kappa shape index (κ3) is 2.78. The van der Waals surface area contributed by atoms with E-state index in [1.54, 1.807) is 0 Å². The van der Waals surface area contributed by atoms with Gasteiger partial charge in [-0.25, -0.2) is 9.78 Å². The van der Waals surface area contributed by atoms with Crippen molar-refractivity contribution in [1.29, 1.82) is 0 Å². The molecule has 0 radical (unpaired) electrons. The summed E-state index contributed by atoms with van der Waals surface area (Å²) in [6.45, 7) is 0. The molecular formula is C11H10F3N3OS. The molecule has 102 valence electrons. The van der Waals surface area contributed by atoms with Crippen molar-refractivity contribution in [2.24, 2.45) is 0 Å². The number of benzene rings is 1. The van der Waals surface area contributed by atoms with Crippen LogP contribution in [-0.2, 0) is 6.18 Å². The van der Waals surface area contributed by atoms with Crippen LogP contribution in [0, 0.1) is 0 Å². The number of alkyl halides is 3. The van der Waals surface area contributed by atoms with Gasteiger partial charge in [0.2, 0.25) is 0 Å². The molecule has 0 saturated carbocycles. The number of hydrogen-bond donors (Lipinski definition) is 1. The van der Waals surface area contributed by atoms with Crippen LogP contribution in [0.1, 0.15) is 5.56 Å². The van der Waals surface area contributed by atoms with E-state index >= 15 is 0 Å². The van der Waals surface area contributed by atoms with Crippen LogP contribution in [0.3, 0.4) is 0 Å². The fraction of sp³-hybridized carbons (Fsp3) is 0.273. The number of para-hydroxylation sites is 1. The number of urea groups is 1. The molecule has 19 heavy (non-hydrogen) atoms. The van der Waals surface area contributed by atoms with Gasteiger partial charge in [0, 0.05) is 14.1 Å². The first-order valence-electron chi connectivity index (χ1n) is 5.24. The lowest BCUT2D eigenvalue weighted by atomic mass is 10.2. The van der Waals surface area contributed by atoms with E-state index in [4.69, 9.17) is 0 Å². The van der Waals surface area contributed by atoms with E-state index in [9.17, 15) is 18.0 Å². The van der Waals surface area contributed by atoms with E-state index in [1.807, 2.05) is 0 Å². The molecule has 0 aliphatic rings. The molecule has 0 atom stereocenters. The second-order valence-electron chi connectivity index (χ2n) is 3.99. The van der Waals surface area contributed by atoms with Crippen LogP contribution in [0.15, 0.2) is 18.2 Å². The smallest absolute Gasteiger partial charge is 0.331 e. The predicted molar refractivity (Wildman–Crippen MR) is 67.3 cm³/mol. The lowest BCUT2D eigenvalue weighted by molar-refractivity contribution is -0.136. The van der Waals surface area contributed by atoms with Crippen LogP contribution in [0.5, 0.6) is 0 Å². The van der Waals surface area contributed by atoms with Crippen LogP contribution in [-0.4, -0.2) is 30.0 Å². The van der Waals surface area contributed by atoms with Crippen LogP contribution in [0.4, 0.5) is 23.1 Å². The highest BCUT2D eigenvalue weighted by Crippen LogP contribution is 2.37. The molecule has 0 fully saturated rings. The van der Waals surface area contributed by atoms with Gasteiger partial charge in [-0.1, -0.05) is 17.4 Å². The Morgan fingerprint density at radius 1 is 1.37 bits per heavy atom. The number of carbonyl (C=O) groups is 1. The molecule has 1 heterocycles. The zero-order valence-corrected chi connectivity index (χ0v) is 10.9. The van der Waals surface area contributed by atoms with E-state index < -0.39 is 17.8 Å². The molecule has 1 N–H and O–H groups in total. The third-order valence-electron chi connectivity index (χ3n) is 2.34. The molecule has 8 heteroatoms. The molecular weight excluding hydrogens is 279 g/mol. The molecule has 2 amide bonds. The van der Waals surface area contributed by atoms with Gasteiger partial charge in [-0.15, -0.1) is 0 Å². The maximum Gasteiger partial charge on any atom is 0.418 e. The van der Waals surface area contributed by atoms with Crippen molar-refractivity contribution in [2.75, 3.05) is 19.4 Å². The maximum absolute atomic E-state index is 12.8. The molecule has 0 aliphatic carbocycles. The van der Waals surface area contributed by atoms with E-state index in [1.165, 1.54) is 31.1 Å². The Labute approximate surface area is 110 Å². The Morgan fingerprint density at radius 3 is 2.63 bits per heavy atom. The van der Waals surface area contributed by atoms with Crippen LogP contribution in [0.2, 0.25) is 0 Å². The van der Waals surface area contributed by atoms with Gasteiger partial charge in [-0.2, -0.15) is 13.2 Å². The van der Waals surface area contributed by atoms with E-state index in [2.05, 4.69) is 10.3 Å². The highest BCUT2D eigenvalue weighted by atomic mass is 32.1. The average Bonchev–Trinajstić information content (AvgIpc) is 2.68. The molecule has 1 aromatic heterocycles. The van der Waals surface area contributed by atoms with Crippen LogP contribution in [0.25, 0.3) is 10.2 Å². The predicted octanol–water partition coefficient (Wildman–Crippen LogP) is 3.41. The minimum absolute atomic E-state index is 0.144. The number of fused-ring (bicyclic) bond motifs is 1. The number of thiazole rings is 1. The highest BCUT2D eigenvalue weighted by molar-refractivity contribution is 7.22. The van der Waals surface area contributed by atoms with Crippen molar-refractivity contribution in [3.8, 4) is 0 Å². The van der Waals surface area contributed by atoms with Gasteiger partial charge in [0.05, 0.1) is 15.8 Å².